The van der Waals surface area contributed by atoms with E-state index in [1.165, 1.54) is 12.3 Å². The molecule has 3 rings (SSSR count). The van der Waals surface area contributed by atoms with Crippen molar-refractivity contribution in [2.24, 2.45) is 5.92 Å². The third-order valence-corrected chi connectivity index (χ3v) is 5.37. The smallest absolute Gasteiger partial charge is 0.433 e. The number of nitrogens with zero attached hydrogens (tertiary/aromatic N) is 1. The van der Waals surface area contributed by atoms with E-state index in [9.17, 15) is 22.8 Å². The van der Waals surface area contributed by atoms with Gasteiger partial charge in [-0.2, -0.15) is 13.2 Å². The summed E-state index contributed by atoms with van der Waals surface area (Å²) in [5, 5.41) is 11.3. The lowest BCUT2D eigenvalue weighted by Crippen LogP contribution is -2.26. The summed E-state index contributed by atoms with van der Waals surface area (Å²) in [6.45, 7) is 4.19. The zero-order chi connectivity index (χ0) is 26.3. The van der Waals surface area contributed by atoms with Crippen LogP contribution in [0.3, 0.4) is 0 Å². The summed E-state index contributed by atoms with van der Waals surface area (Å²) in [5.74, 6) is -0.410. The van der Waals surface area contributed by atoms with Crippen molar-refractivity contribution in [3.8, 4) is 16.9 Å². The number of carbonyl (C=O) groups is 2. The summed E-state index contributed by atoms with van der Waals surface area (Å²) < 4.78 is 44.5. The van der Waals surface area contributed by atoms with E-state index >= 15 is 0 Å². The number of pyridine rings is 1. The van der Waals surface area contributed by atoms with Gasteiger partial charge in [-0.25, -0.2) is 0 Å². The summed E-state index contributed by atoms with van der Waals surface area (Å²) in [6, 6.07) is 16.3. The molecule has 2 N–H and O–H groups in total. The summed E-state index contributed by atoms with van der Waals surface area (Å²) in [7, 11) is 0. The maximum atomic E-state index is 12.7. The fourth-order valence-corrected chi connectivity index (χ4v) is 3.54. The molecule has 190 valence electrons. The standard InChI is InChI=1S/C27H27F3N2O4/c1-17(2)15-23(19-3-5-20(6-4-19)26(35)31-14-13-25(33)34)36-22-10-7-18(8-11-22)21-9-12-24(32-16-21)27(28,29)30/h3-12,16-17,23H,13-15H2,1-2H3,(H,31,35)(H,33,34). The van der Waals surface area contributed by atoms with Gasteiger partial charge in [0.1, 0.15) is 17.5 Å². The van der Waals surface area contributed by atoms with Gasteiger partial charge in [-0.15, -0.1) is 0 Å². The first-order valence-corrected chi connectivity index (χ1v) is 11.4. The lowest BCUT2D eigenvalue weighted by atomic mass is 9.98. The van der Waals surface area contributed by atoms with Gasteiger partial charge in [-0.1, -0.05) is 44.2 Å². The Morgan fingerprint density at radius 2 is 1.61 bits per heavy atom. The molecule has 1 aromatic heterocycles. The molecule has 1 heterocycles. The summed E-state index contributed by atoms with van der Waals surface area (Å²) >= 11 is 0. The number of alkyl halides is 3. The van der Waals surface area contributed by atoms with Crippen LogP contribution in [0.15, 0.2) is 66.9 Å². The molecular weight excluding hydrogens is 473 g/mol. The number of nitrogens with one attached hydrogen (secondary N) is 1. The fourth-order valence-electron chi connectivity index (χ4n) is 3.54. The van der Waals surface area contributed by atoms with Gasteiger partial charge in [0, 0.05) is 23.9 Å². The van der Waals surface area contributed by atoms with Crippen molar-refractivity contribution in [2.45, 2.75) is 39.0 Å². The van der Waals surface area contributed by atoms with Crippen LogP contribution < -0.4 is 10.1 Å². The van der Waals surface area contributed by atoms with E-state index in [-0.39, 0.29) is 25.0 Å². The molecule has 9 heteroatoms. The topological polar surface area (TPSA) is 88.5 Å². The Morgan fingerprint density at radius 1 is 0.972 bits per heavy atom. The quantitative estimate of drug-likeness (QED) is 0.349. The van der Waals surface area contributed by atoms with Crippen molar-refractivity contribution >= 4 is 11.9 Å². The number of amides is 1. The molecule has 0 bridgehead atoms. The predicted molar refractivity (Wildman–Crippen MR) is 129 cm³/mol. The monoisotopic (exact) mass is 500 g/mol. The lowest BCUT2D eigenvalue weighted by molar-refractivity contribution is -0.141. The normalized spacial score (nSPS) is 12.3. The number of carboxylic acid groups (broad SMARTS) is 1. The Labute approximate surface area is 207 Å². The van der Waals surface area contributed by atoms with Crippen LogP contribution in [0.5, 0.6) is 5.75 Å². The average molecular weight is 501 g/mol. The molecule has 1 unspecified atom stereocenters. The molecule has 1 atom stereocenters. The van der Waals surface area contributed by atoms with Crippen LogP contribution >= 0.6 is 0 Å². The van der Waals surface area contributed by atoms with Crippen molar-refractivity contribution in [3.63, 3.8) is 0 Å². The van der Waals surface area contributed by atoms with Crippen LogP contribution in [-0.2, 0) is 11.0 Å². The second kappa shape index (κ2) is 11.7. The number of carbonyl (C=O) groups excluding carboxylic acids is 1. The van der Waals surface area contributed by atoms with Crippen molar-refractivity contribution in [1.82, 2.24) is 10.3 Å². The molecule has 0 saturated carbocycles. The molecule has 6 nitrogen and oxygen atoms in total. The zero-order valence-corrected chi connectivity index (χ0v) is 19.9. The van der Waals surface area contributed by atoms with Crippen molar-refractivity contribution in [1.29, 1.82) is 0 Å². The molecule has 0 aliphatic rings. The molecule has 0 radical (unpaired) electrons. The molecule has 2 aromatic carbocycles. The highest BCUT2D eigenvalue weighted by molar-refractivity contribution is 5.94. The van der Waals surface area contributed by atoms with Crippen LogP contribution in [0.25, 0.3) is 11.1 Å². The van der Waals surface area contributed by atoms with Gasteiger partial charge in [0.2, 0.25) is 0 Å². The fraction of sp³-hybridized carbons (Fsp3) is 0.296. The molecule has 0 aliphatic carbocycles. The predicted octanol–water partition coefficient (Wildman–Crippen LogP) is 6.14. The number of halogens is 3. The van der Waals surface area contributed by atoms with Crippen LogP contribution in [-0.4, -0.2) is 28.5 Å². The van der Waals surface area contributed by atoms with Crippen LogP contribution in [0.1, 0.15) is 54.4 Å². The minimum absolute atomic E-state index is 0.0491. The van der Waals surface area contributed by atoms with Crippen molar-refractivity contribution in [3.05, 3.63) is 83.7 Å². The molecule has 0 saturated heterocycles. The molecule has 0 aliphatic heterocycles. The van der Waals surface area contributed by atoms with Gasteiger partial charge >= 0.3 is 12.1 Å². The highest BCUT2D eigenvalue weighted by Crippen LogP contribution is 2.31. The van der Waals surface area contributed by atoms with Gasteiger partial charge in [-0.05, 0) is 53.8 Å². The maximum absolute atomic E-state index is 12.7. The number of carboxylic acids is 1. The second-order valence-electron chi connectivity index (χ2n) is 8.71. The maximum Gasteiger partial charge on any atom is 0.433 e. The number of ether oxygens (including phenoxy) is 1. The summed E-state index contributed by atoms with van der Waals surface area (Å²) in [6.07, 6.45) is -3.01. The number of rotatable bonds is 10. The first kappa shape index (κ1) is 26.7. The van der Waals surface area contributed by atoms with Crippen molar-refractivity contribution < 1.29 is 32.6 Å². The Morgan fingerprint density at radius 3 is 2.14 bits per heavy atom. The zero-order valence-electron chi connectivity index (χ0n) is 19.9. The highest BCUT2D eigenvalue weighted by Gasteiger charge is 2.32. The lowest BCUT2D eigenvalue weighted by Gasteiger charge is -2.22. The minimum Gasteiger partial charge on any atom is -0.486 e. The van der Waals surface area contributed by atoms with E-state index in [1.54, 1.807) is 48.5 Å². The Hall–Kier alpha value is -3.88. The van der Waals surface area contributed by atoms with Crippen LogP contribution in [0.2, 0.25) is 0 Å². The van der Waals surface area contributed by atoms with Gasteiger partial charge < -0.3 is 15.2 Å². The molecule has 3 aromatic rings. The van der Waals surface area contributed by atoms with E-state index < -0.39 is 17.8 Å². The van der Waals surface area contributed by atoms with E-state index in [0.29, 0.717) is 34.8 Å². The number of benzene rings is 2. The Bertz CT molecular complexity index is 1160. The van der Waals surface area contributed by atoms with E-state index in [2.05, 4.69) is 24.1 Å². The van der Waals surface area contributed by atoms with E-state index in [4.69, 9.17) is 9.84 Å². The van der Waals surface area contributed by atoms with Gasteiger partial charge in [0.15, 0.2) is 0 Å². The largest absolute Gasteiger partial charge is 0.486 e. The highest BCUT2D eigenvalue weighted by atomic mass is 19.4. The van der Waals surface area contributed by atoms with Crippen LogP contribution in [0.4, 0.5) is 13.2 Å². The molecule has 1 amide bonds. The number of aromatic nitrogens is 1. The SMILES string of the molecule is CC(C)CC(Oc1ccc(-c2ccc(C(F)(F)F)nc2)cc1)c1ccc(C(=O)NCCC(=O)O)cc1. The molecular formula is C27H27F3N2O4. The number of hydrogen-bond donors (Lipinski definition) is 2. The molecule has 0 fully saturated rings. The second-order valence-corrected chi connectivity index (χ2v) is 8.71. The first-order chi connectivity index (χ1) is 17.0. The third-order valence-electron chi connectivity index (χ3n) is 5.37. The average Bonchev–Trinajstić information content (AvgIpc) is 2.83. The van der Waals surface area contributed by atoms with Gasteiger partial charge in [0.05, 0.1) is 6.42 Å². The van der Waals surface area contributed by atoms with Gasteiger partial charge in [0.25, 0.3) is 5.91 Å². The Kier molecular flexibility index (Phi) is 8.68. The van der Waals surface area contributed by atoms with Crippen LogP contribution in [0, 0.1) is 5.92 Å². The minimum atomic E-state index is -4.48. The Balaban J connectivity index is 1.70. The third kappa shape index (κ3) is 7.56. The molecule has 36 heavy (non-hydrogen) atoms. The first-order valence-electron chi connectivity index (χ1n) is 11.4. The number of aliphatic carboxylic acids is 1. The van der Waals surface area contributed by atoms with Gasteiger partial charge in [-0.3, -0.25) is 14.6 Å². The number of hydrogen-bond acceptors (Lipinski definition) is 4. The molecule has 0 spiro atoms. The van der Waals surface area contributed by atoms with E-state index in [0.717, 1.165) is 11.6 Å². The summed E-state index contributed by atoms with van der Waals surface area (Å²) in [4.78, 5) is 26.3. The van der Waals surface area contributed by atoms with Crippen molar-refractivity contribution in [2.75, 3.05) is 6.54 Å². The van der Waals surface area contributed by atoms with E-state index in [1.807, 2.05) is 0 Å². The summed E-state index contributed by atoms with van der Waals surface area (Å²) in [5.41, 5.74) is 1.63.